The Morgan fingerprint density at radius 2 is 2.21 bits per heavy atom. The van der Waals surface area contributed by atoms with Crippen molar-refractivity contribution in [3.8, 4) is 5.75 Å². The number of benzene rings is 1. The van der Waals surface area contributed by atoms with Crippen LogP contribution in [0.5, 0.6) is 5.75 Å². The zero-order valence-electron chi connectivity index (χ0n) is 11.9. The predicted molar refractivity (Wildman–Crippen MR) is 75.5 cm³/mol. The molecule has 0 aliphatic rings. The van der Waals surface area contributed by atoms with Crippen molar-refractivity contribution in [1.29, 1.82) is 0 Å². The third-order valence-electron chi connectivity index (χ3n) is 3.08. The molecular formula is C15H23NO3. The minimum Gasteiger partial charge on any atom is -0.496 e. The number of carboxylic acids is 1. The lowest BCUT2D eigenvalue weighted by molar-refractivity contribution is -0.137. The number of hydrogen-bond donors (Lipinski definition) is 2. The summed E-state index contributed by atoms with van der Waals surface area (Å²) in [5.41, 5.74) is 2.39. The van der Waals surface area contributed by atoms with E-state index in [0.29, 0.717) is 13.1 Å². The molecule has 0 heterocycles. The van der Waals surface area contributed by atoms with Crippen LogP contribution in [0, 0.1) is 5.92 Å². The molecule has 0 aromatic heterocycles. The Morgan fingerprint density at radius 1 is 1.47 bits per heavy atom. The molecule has 106 valence electrons. The molecule has 1 unspecified atom stereocenters. The van der Waals surface area contributed by atoms with Crippen molar-refractivity contribution in [2.75, 3.05) is 13.7 Å². The van der Waals surface area contributed by atoms with Crippen LogP contribution >= 0.6 is 0 Å². The Hall–Kier alpha value is -1.55. The molecule has 4 heteroatoms. The molecule has 4 nitrogen and oxygen atoms in total. The molecule has 0 radical (unpaired) electrons. The first kappa shape index (κ1) is 15.5. The van der Waals surface area contributed by atoms with Crippen LogP contribution < -0.4 is 10.1 Å². The van der Waals surface area contributed by atoms with Crippen molar-refractivity contribution in [2.24, 2.45) is 5.92 Å². The highest BCUT2D eigenvalue weighted by Gasteiger charge is 2.08. The largest absolute Gasteiger partial charge is 0.496 e. The number of rotatable bonds is 8. The second-order valence-electron chi connectivity index (χ2n) is 4.83. The van der Waals surface area contributed by atoms with Gasteiger partial charge in [-0.05, 0) is 30.5 Å². The number of carbonyl (C=O) groups is 1. The lowest BCUT2D eigenvalue weighted by Crippen LogP contribution is -2.22. The molecule has 0 saturated heterocycles. The van der Waals surface area contributed by atoms with Gasteiger partial charge in [-0.2, -0.15) is 0 Å². The minimum absolute atomic E-state index is 0.123. The van der Waals surface area contributed by atoms with Gasteiger partial charge in [0.15, 0.2) is 0 Å². The Labute approximate surface area is 114 Å². The zero-order valence-corrected chi connectivity index (χ0v) is 11.9. The predicted octanol–water partition coefficient (Wildman–Crippen LogP) is 2.46. The van der Waals surface area contributed by atoms with E-state index in [-0.39, 0.29) is 12.3 Å². The normalized spacial score (nSPS) is 12.2. The fourth-order valence-electron chi connectivity index (χ4n) is 2.01. The first-order chi connectivity index (χ1) is 9.06. The zero-order chi connectivity index (χ0) is 14.3. The van der Waals surface area contributed by atoms with Crippen LogP contribution in [-0.2, 0) is 17.8 Å². The monoisotopic (exact) mass is 265 g/mol. The van der Waals surface area contributed by atoms with E-state index < -0.39 is 5.97 Å². The van der Waals surface area contributed by atoms with Gasteiger partial charge in [-0.15, -0.1) is 0 Å². The van der Waals surface area contributed by atoms with Gasteiger partial charge in [0, 0.05) is 18.5 Å². The first-order valence-corrected chi connectivity index (χ1v) is 6.65. The van der Waals surface area contributed by atoms with Gasteiger partial charge in [0.05, 0.1) is 7.11 Å². The van der Waals surface area contributed by atoms with Gasteiger partial charge in [-0.3, -0.25) is 4.79 Å². The Kier molecular flexibility index (Phi) is 6.36. The summed E-state index contributed by atoms with van der Waals surface area (Å²) in [4.78, 5) is 10.6. The Morgan fingerprint density at radius 3 is 2.79 bits per heavy atom. The first-order valence-electron chi connectivity index (χ1n) is 6.65. The highest BCUT2D eigenvalue weighted by atomic mass is 16.5. The molecule has 0 amide bonds. The third kappa shape index (κ3) is 5.30. The molecule has 19 heavy (non-hydrogen) atoms. The molecule has 0 aliphatic carbocycles. The van der Waals surface area contributed by atoms with Gasteiger partial charge in [0.2, 0.25) is 0 Å². The molecule has 0 bridgehead atoms. The molecule has 0 aliphatic heterocycles. The molecular weight excluding hydrogens is 242 g/mol. The van der Waals surface area contributed by atoms with E-state index in [1.54, 1.807) is 7.11 Å². The van der Waals surface area contributed by atoms with E-state index in [1.165, 1.54) is 5.56 Å². The van der Waals surface area contributed by atoms with E-state index in [1.807, 2.05) is 13.0 Å². The topological polar surface area (TPSA) is 58.6 Å². The Bertz CT molecular complexity index is 418. The van der Waals surface area contributed by atoms with Crippen molar-refractivity contribution >= 4 is 5.97 Å². The van der Waals surface area contributed by atoms with Crippen LogP contribution in [0.4, 0.5) is 0 Å². The lowest BCUT2D eigenvalue weighted by atomic mass is 10.1. The van der Waals surface area contributed by atoms with Crippen molar-refractivity contribution in [2.45, 2.75) is 33.2 Å². The fourth-order valence-corrected chi connectivity index (χ4v) is 2.01. The molecule has 1 aromatic rings. The summed E-state index contributed by atoms with van der Waals surface area (Å²) in [5, 5.41) is 12.0. The number of methoxy groups -OCH3 is 1. The van der Waals surface area contributed by atoms with Crippen LogP contribution in [0.15, 0.2) is 18.2 Å². The number of ether oxygens (including phenoxy) is 1. The molecule has 0 saturated carbocycles. The van der Waals surface area contributed by atoms with E-state index in [4.69, 9.17) is 9.84 Å². The van der Waals surface area contributed by atoms with E-state index in [0.717, 1.165) is 17.7 Å². The van der Waals surface area contributed by atoms with Crippen LogP contribution in [0.1, 0.15) is 31.4 Å². The van der Waals surface area contributed by atoms with Crippen molar-refractivity contribution in [3.63, 3.8) is 0 Å². The summed E-state index contributed by atoms with van der Waals surface area (Å²) in [6.07, 6.45) is 1.19. The summed E-state index contributed by atoms with van der Waals surface area (Å²) >= 11 is 0. The van der Waals surface area contributed by atoms with Gasteiger partial charge in [0.1, 0.15) is 5.75 Å². The van der Waals surface area contributed by atoms with Gasteiger partial charge >= 0.3 is 5.97 Å². The number of carboxylic acid groups (broad SMARTS) is 1. The molecule has 0 fully saturated rings. The van der Waals surface area contributed by atoms with E-state index in [2.05, 4.69) is 24.4 Å². The summed E-state index contributed by atoms with van der Waals surface area (Å²) in [6, 6.07) is 6.18. The quantitative estimate of drug-likeness (QED) is 0.758. The van der Waals surface area contributed by atoms with Crippen molar-refractivity contribution in [1.82, 2.24) is 5.32 Å². The Balaban J connectivity index is 2.54. The van der Waals surface area contributed by atoms with Crippen molar-refractivity contribution < 1.29 is 14.6 Å². The summed E-state index contributed by atoms with van der Waals surface area (Å²) < 4.78 is 5.33. The number of hydrogen-bond acceptors (Lipinski definition) is 3. The van der Waals surface area contributed by atoms with Crippen LogP contribution in [0.3, 0.4) is 0 Å². The van der Waals surface area contributed by atoms with Crippen molar-refractivity contribution in [3.05, 3.63) is 29.3 Å². The smallest absolute Gasteiger partial charge is 0.303 e. The summed E-state index contributed by atoms with van der Waals surface area (Å²) in [5.74, 6) is 0.244. The van der Waals surface area contributed by atoms with Gasteiger partial charge in [-0.25, -0.2) is 0 Å². The van der Waals surface area contributed by atoms with E-state index >= 15 is 0 Å². The van der Waals surface area contributed by atoms with Crippen LogP contribution in [-0.4, -0.2) is 24.7 Å². The molecule has 2 N–H and O–H groups in total. The molecule has 1 atom stereocenters. The SMILES string of the molecule is CCc1ccc(OC)c(CNCC(C)CC(=O)O)c1. The summed E-state index contributed by atoms with van der Waals surface area (Å²) in [7, 11) is 1.66. The van der Waals surface area contributed by atoms with Gasteiger partial charge in [0.25, 0.3) is 0 Å². The number of nitrogens with one attached hydrogen (secondary N) is 1. The van der Waals surface area contributed by atoms with Gasteiger partial charge < -0.3 is 15.2 Å². The van der Waals surface area contributed by atoms with E-state index in [9.17, 15) is 4.79 Å². The highest BCUT2D eigenvalue weighted by Crippen LogP contribution is 2.20. The van der Waals surface area contributed by atoms with Crippen LogP contribution in [0.2, 0.25) is 0 Å². The number of aryl methyl sites for hydroxylation is 1. The molecule has 1 rings (SSSR count). The van der Waals surface area contributed by atoms with Crippen LogP contribution in [0.25, 0.3) is 0 Å². The minimum atomic E-state index is -0.750. The average molecular weight is 265 g/mol. The molecule has 1 aromatic carbocycles. The fraction of sp³-hybridized carbons (Fsp3) is 0.533. The lowest BCUT2D eigenvalue weighted by Gasteiger charge is -2.13. The summed E-state index contributed by atoms with van der Waals surface area (Å²) in [6.45, 7) is 5.43. The number of aliphatic carboxylic acids is 1. The highest BCUT2D eigenvalue weighted by molar-refractivity contribution is 5.66. The molecule has 0 spiro atoms. The maximum Gasteiger partial charge on any atom is 0.303 e. The average Bonchev–Trinajstić information content (AvgIpc) is 2.37. The second-order valence-corrected chi connectivity index (χ2v) is 4.83. The maximum absolute atomic E-state index is 10.6. The van der Waals surface area contributed by atoms with Gasteiger partial charge in [-0.1, -0.05) is 26.0 Å². The standard InChI is InChI=1S/C15H23NO3/c1-4-12-5-6-14(19-3)13(8-12)10-16-9-11(2)7-15(17)18/h5-6,8,11,16H,4,7,9-10H2,1-3H3,(H,17,18). The second kappa shape index (κ2) is 7.79. The maximum atomic E-state index is 10.6. The third-order valence-corrected chi connectivity index (χ3v) is 3.08.